The molecule has 3 heterocycles. The van der Waals surface area contributed by atoms with Crippen LogP contribution < -0.4 is 19.9 Å². The Balaban J connectivity index is 1.41. The zero-order chi connectivity index (χ0) is 20.2. The Morgan fingerprint density at radius 3 is 2.86 bits per heavy atom. The van der Waals surface area contributed by atoms with E-state index in [-0.39, 0.29) is 17.9 Å². The van der Waals surface area contributed by atoms with Gasteiger partial charge in [0.15, 0.2) is 0 Å². The van der Waals surface area contributed by atoms with E-state index in [1.807, 2.05) is 36.1 Å². The lowest BCUT2D eigenvalue weighted by atomic mass is 10.1. The van der Waals surface area contributed by atoms with Gasteiger partial charge >= 0.3 is 0 Å². The summed E-state index contributed by atoms with van der Waals surface area (Å²) in [4.78, 5) is 28.5. The van der Waals surface area contributed by atoms with Crippen LogP contribution in [0.3, 0.4) is 0 Å². The highest BCUT2D eigenvalue weighted by molar-refractivity contribution is 7.19. The molecular weight excluding hydrogens is 390 g/mol. The van der Waals surface area contributed by atoms with Gasteiger partial charge in [0, 0.05) is 31.6 Å². The molecule has 9 heteroatoms. The Morgan fingerprint density at radius 1 is 1.24 bits per heavy atom. The third kappa shape index (κ3) is 4.19. The highest BCUT2D eigenvalue weighted by Crippen LogP contribution is 2.33. The zero-order valence-corrected chi connectivity index (χ0v) is 17.3. The van der Waals surface area contributed by atoms with Gasteiger partial charge < -0.3 is 15.0 Å². The summed E-state index contributed by atoms with van der Waals surface area (Å²) in [5.74, 6) is 0.863. The predicted octanol–water partition coefficient (Wildman–Crippen LogP) is 2.35. The van der Waals surface area contributed by atoms with Gasteiger partial charge in [-0.05, 0) is 32.3 Å². The first-order valence-electron chi connectivity index (χ1n) is 10.1. The standard InChI is InChI=1S/C20H25N5O3S/c1-2-28-16-9-4-3-7-14(16)13-21-18(27)15-8-5-11-24(15)19-22-23-20(29-19)25-12-6-10-17(25)26/h3-4,7,9,15H,2,5-6,8,10-13H2,1H3,(H,21,27). The van der Waals surface area contributed by atoms with Crippen molar-refractivity contribution in [2.24, 2.45) is 0 Å². The summed E-state index contributed by atoms with van der Waals surface area (Å²) in [6.45, 7) is 4.40. The molecule has 2 aliphatic rings. The van der Waals surface area contributed by atoms with Crippen LogP contribution in [0, 0.1) is 0 Å². The van der Waals surface area contributed by atoms with Crippen LogP contribution in [0.25, 0.3) is 0 Å². The number of amides is 2. The van der Waals surface area contributed by atoms with E-state index >= 15 is 0 Å². The summed E-state index contributed by atoms with van der Waals surface area (Å²) in [5, 5.41) is 12.8. The van der Waals surface area contributed by atoms with E-state index in [1.54, 1.807) is 4.90 Å². The Bertz CT molecular complexity index is 887. The average molecular weight is 416 g/mol. The molecule has 1 aromatic carbocycles. The lowest BCUT2D eigenvalue weighted by Crippen LogP contribution is -2.43. The van der Waals surface area contributed by atoms with Gasteiger partial charge in [-0.2, -0.15) is 0 Å². The molecule has 1 aromatic heterocycles. The maximum Gasteiger partial charge on any atom is 0.243 e. The van der Waals surface area contributed by atoms with Crippen molar-refractivity contribution in [2.75, 3.05) is 29.5 Å². The minimum absolute atomic E-state index is 0.0252. The van der Waals surface area contributed by atoms with Crippen molar-refractivity contribution in [1.29, 1.82) is 0 Å². The largest absolute Gasteiger partial charge is 0.494 e. The van der Waals surface area contributed by atoms with E-state index in [0.717, 1.165) is 37.1 Å². The lowest BCUT2D eigenvalue weighted by molar-refractivity contribution is -0.122. The number of anilines is 2. The minimum atomic E-state index is -0.274. The van der Waals surface area contributed by atoms with E-state index in [4.69, 9.17) is 4.74 Å². The molecule has 2 fully saturated rings. The zero-order valence-electron chi connectivity index (χ0n) is 16.5. The highest BCUT2D eigenvalue weighted by Gasteiger charge is 2.34. The van der Waals surface area contributed by atoms with Crippen LogP contribution >= 0.6 is 11.3 Å². The lowest BCUT2D eigenvalue weighted by Gasteiger charge is -2.23. The van der Waals surface area contributed by atoms with Crippen molar-refractivity contribution in [3.8, 4) is 5.75 Å². The molecule has 0 aliphatic carbocycles. The summed E-state index contributed by atoms with van der Waals surface area (Å²) in [6, 6.07) is 7.46. The van der Waals surface area contributed by atoms with Crippen LogP contribution in [0.1, 0.15) is 38.2 Å². The molecule has 0 saturated carbocycles. The molecule has 0 bridgehead atoms. The smallest absolute Gasteiger partial charge is 0.243 e. The number of aromatic nitrogens is 2. The summed E-state index contributed by atoms with van der Waals surface area (Å²) >= 11 is 1.38. The Labute approximate surface area is 173 Å². The molecule has 29 heavy (non-hydrogen) atoms. The normalized spacial score (nSPS) is 19.1. The van der Waals surface area contributed by atoms with Crippen molar-refractivity contribution in [2.45, 2.75) is 45.2 Å². The van der Waals surface area contributed by atoms with Gasteiger partial charge in [-0.25, -0.2) is 0 Å². The van der Waals surface area contributed by atoms with Crippen LogP contribution in [0.4, 0.5) is 10.3 Å². The predicted molar refractivity (Wildman–Crippen MR) is 111 cm³/mol. The first kappa shape index (κ1) is 19.6. The number of carbonyl (C=O) groups excluding carboxylic acids is 2. The quantitative estimate of drug-likeness (QED) is 0.747. The van der Waals surface area contributed by atoms with E-state index in [2.05, 4.69) is 15.5 Å². The first-order chi connectivity index (χ1) is 14.2. The second-order valence-electron chi connectivity index (χ2n) is 7.13. The number of rotatable bonds is 7. The van der Waals surface area contributed by atoms with E-state index in [9.17, 15) is 9.59 Å². The molecule has 2 aromatic rings. The van der Waals surface area contributed by atoms with Gasteiger partial charge in [0.25, 0.3) is 0 Å². The van der Waals surface area contributed by atoms with E-state index in [1.165, 1.54) is 11.3 Å². The van der Waals surface area contributed by atoms with Gasteiger partial charge in [-0.3, -0.25) is 14.5 Å². The molecule has 2 saturated heterocycles. The van der Waals surface area contributed by atoms with Crippen LogP contribution in [0.2, 0.25) is 0 Å². The first-order valence-corrected chi connectivity index (χ1v) is 10.9. The molecule has 4 rings (SSSR count). The maximum atomic E-state index is 12.9. The van der Waals surface area contributed by atoms with Gasteiger partial charge in [-0.15, -0.1) is 10.2 Å². The number of hydrogen-bond donors (Lipinski definition) is 1. The van der Waals surface area contributed by atoms with Crippen LogP contribution in [-0.4, -0.2) is 47.7 Å². The second-order valence-corrected chi connectivity index (χ2v) is 8.06. The fourth-order valence-corrected chi connectivity index (χ4v) is 4.76. The van der Waals surface area contributed by atoms with Gasteiger partial charge in [-0.1, -0.05) is 29.5 Å². The number of nitrogens with zero attached hydrogens (tertiary/aromatic N) is 4. The summed E-state index contributed by atoms with van der Waals surface area (Å²) < 4.78 is 5.63. The van der Waals surface area contributed by atoms with Crippen molar-refractivity contribution in [3.63, 3.8) is 0 Å². The number of nitrogens with one attached hydrogen (secondary N) is 1. The summed E-state index contributed by atoms with van der Waals surface area (Å²) in [6.07, 6.45) is 3.11. The Morgan fingerprint density at radius 2 is 2.07 bits per heavy atom. The van der Waals surface area contributed by atoms with Crippen LogP contribution in [0.15, 0.2) is 24.3 Å². The number of ether oxygens (including phenoxy) is 1. The topological polar surface area (TPSA) is 87.7 Å². The van der Waals surface area contributed by atoms with Crippen molar-refractivity contribution < 1.29 is 14.3 Å². The molecule has 2 amide bonds. The molecule has 154 valence electrons. The number of hydrogen-bond acceptors (Lipinski definition) is 7. The van der Waals surface area contributed by atoms with Crippen LogP contribution in [-0.2, 0) is 16.1 Å². The number of para-hydroxylation sites is 1. The molecule has 1 N–H and O–H groups in total. The van der Waals surface area contributed by atoms with Crippen LogP contribution in [0.5, 0.6) is 5.75 Å². The minimum Gasteiger partial charge on any atom is -0.494 e. The number of carbonyl (C=O) groups is 2. The monoisotopic (exact) mass is 415 g/mol. The van der Waals surface area contributed by atoms with E-state index in [0.29, 0.717) is 36.4 Å². The molecular formula is C20H25N5O3S. The third-order valence-corrected chi connectivity index (χ3v) is 6.22. The van der Waals surface area contributed by atoms with Crippen molar-refractivity contribution in [3.05, 3.63) is 29.8 Å². The van der Waals surface area contributed by atoms with Crippen molar-refractivity contribution in [1.82, 2.24) is 15.5 Å². The van der Waals surface area contributed by atoms with Crippen molar-refractivity contribution >= 4 is 33.4 Å². The SMILES string of the molecule is CCOc1ccccc1CNC(=O)C1CCCN1c1nnc(N2CCCC2=O)s1. The number of benzene rings is 1. The second kappa shape index (κ2) is 8.77. The molecule has 2 aliphatic heterocycles. The molecule has 1 unspecified atom stereocenters. The Hall–Kier alpha value is -2.68. The summed E-state index contributed by atoms with van der Waals surface area (Å²) in [7, 11) is 0. The average Bonchev–Trinajstić information content (AvgIpc) is 3.47. The maximum absolute atomic E-state index is 12.9. The van der Waals surface area contributed by atoms with Gasteiger partial charge in [0.2, 0.25) is 22.1 Å². The van der Waals surface area contributed by atoms with Gasteiger partial charge in [0.05, 0.1) is 6.61 Å². The molecule has 8 nitrogen and oxygen atoms in total. The molecule has 1 atom stereocenters. The Kier molecular flexibility index (Phi) is 5.94. The van der Waals surface area contributed by atoms with E-state index < -0.39 is 0 Å². The highest BCUT2D eigenvalue weighted by atomic mass is 32.1. The molecule has 0 radical (unpaired) electrons. The molecule has 0 spiro atoms. The summed E-state index contributed by atoms with van der Waals surface area (Å²) in [5.41, 5.74) is 0.956. The third-order valence-electron chi connectivity index (χ3n) is 5.23. The van der Waals surface area contributed by atoms with Gasteiger partial charge in [0.1, 0.15) is 11.8 Å². The fourth-order valence-electron chi connectivity index (χ4n) is 3.80. The fraction of sp³-hybridized carbons (Fsp3) is 0.500.